The first kappa shape index (κ1) is 29.6. The van der Waals surface area contributed by atoms with Gasteiger partial charge in [0, 0.05) is 12.5 Å². The molecule has 1 amide bonds. The summed E-state index contributed by atoms with van der Waals surface area (Å²) in [6.45, 7) is 2.25. The smallest absolute Gasteiger partial charge is 0.326 e. The zero-order valence-electron chi connectivity index (χ0n) is 21.0. The minimum atomic E-state index is -1.06. The van der Waals surface area contributed by atoms with Crippen molar-refractivity contribution in [1.82, 2.24) is 5.32 Å². The van der Waals surface area contributed by atoms with Crippen LogP contribution in [0.25, 0.3) is 0 Å². The molecule has 0 saturated carbocycles. The maximum absolute atomic E-state index is 12.0. The number of carbonyl (C=O) groups is 2. The van der Waals surface area contributed by atoms with Crippen LogP contribution < -0.4 is 5.32 Å². The van der Waals surface area contributed by atoms with Crippen molar-refractivity contribution in [2.75, 3.05) is 0 Å². The monoisotopic (exact) mass is 475 g/mol. The van der Waals surface area contributed by atoms with Gasteiger partial charge >= 0.3 is 5.97 Å². The summed E-state index contributed by atoms with van der Waals surface area (Å²) in [5.74, 6) is -1.49. The van der Waals surface area contributed by atoms with Crippen molar-refractivity contribution in [1.29, 1.82) is 0 Å². The molecule has 0 aliphatic heterocycles. The lowest BCUT2D eigenvalue weighted by atomic mass is 10.1. The molecule has 35 heavy (non-hydrogen) atoms. The fourth-order valence-electron chi connectivity index (χ4n) is 3.32. The van der Waals surface area contributed by atoms with Gasteiger partial charge in [-0.2, -0.15) is 0 Å². The zero-order chi connectivity index (χ0) is 25.4. The summed E-state index contributed by atoms with van der Waals surface area (Å²) in [5, 5.41) is 11.9. The Morgan fingerprint density at radius 2 is 1.31 bits per heavy atom. The summed E-state index contributed by atoms with van der Waals surface area (Å²) in [6, 6.07) is 8.26. The van der Waals surface area contributed by atoms with Gasteiger partial charge in [-0.05, 0) is 18.4 Å². The molecule has 0 aliphatic rings. The van der Waals surface area contributed by atoms with Crippen molar-refractivity contribution in [3.63, 3.8) is 0 Å². The van der Waals surface area contributed by atoms with E-state index in [4.69, 9.17) is 0 Å². The number of hydrogen-bond acceptors (Lipinski definition) is 2. The van der Waals surface area contributed by atoms with Crippen LogP contribution in [0.15, 0.2) is 103 Å². The highest BCUT2D eigenvalue weighted by atomic mass is 16.4. The number of carboxylic acid groups (broad SMARTS) is 1. The maximum Gasteiger partial charge on any atom is 0.326 e. The second-order valence-corrected chi connectivity index (χ2v) is 8.33. The van der Waals surface area contributed by atoms with Crippen LogP contribution in [-0.2, 0) is 16.0 Å². The van der Waals surface area contributed by atoms with E-state index in [1.54, 1.807) is 18.2 Å². The van der Waals surface area contributed by atoms with Crippen LogP contribution in [0.3, 0.4) is 0 Å². The van der Waals surface area contributed by atoms with Crippen LogP contribution >= 0.6 is 0 Å². The summed E-state index contributed by atoms with van der Waals surface area (Å²) >= 11 is 0. The Balaban J connectivity index is 2.20. The van der Waals surface area contributed by atoms with E-state index in [9.17, 15) is 14.7 Å². The van der Waals surface area contributed by atoms with Crippen molar-refractivity contribution in [2.45, 2.75) is 70.8 Å². The van der Waals surface area contributed by atoms with Gasteiger partial charge in [0.15, 0.2) is 0 Å². The summed E-state index contributed by atoms with van der Waals surface area (Å²) in [5.41, 5.74) is 0.858. The van der Waals surface area contributed by atoms with Gasteiger partial charge < -0.3 is 10.4 Å². The molecule has 0 heterocycles. The van der Waals surface area contributed by atoms with Gasteiger partial charge in [0.05, 0.1) is 0 Å². The van der Waals surface area contributed by atoms with Crippen molar-refractivity contribution in [3.05, 3.63) is 109 Å². The highest BCUT2D eigenvalue weighted by molar-refractivity contribution is 5.91. The van der Waals surface area contributed by atoms with E-state index in [0.29, 0.717) is 0 Å². The van der Waals surface area contributed by atoms with Gasteiger partial charge in [-0.3, -0.25) is 4.79 Å². The Labute approximate surface area is 211 Å². The van der Waals surface area contributed by atoms with E-state index in [1.165, 1.54) is 51.0 Å². The Hall–Kier alpha value is -3.40. The minimum Gasteiger partial charge on any atom is -0.480 e. The van der Waals surface area contributed by atoms with Gasteiger partial charge in [-0.15, -0.1) is 0 Å². The van der Waals surface area contributed by atoms with Crippen LogP contribution in [0, 0.1) is 0 Å². The molecule has 0 bridgehead atoms. The minimum absolute atomic E-state index is 0.240. The molecule has 0 unspecified atom stereocenters. The van der Waals surface area contributed by atoms with Gasteiger partial charge in [-0.25, -0.2) is 4.79 Å². The lowest BCUT2D eigenvalue weighted by Crippen LogP contribution is -2.41. The molecule has 1 rings (SSSR count). The van der Waals surface area contributed by atoms with Crippen LogP contribution in [0.5, 0.6) is 0 Å². The zero-order valence-corrected chi connectivity index (χ0v) is 21.0. The first-order chi connectivity index (χ1) is 17.1. The van der Waals surface area contributed by atoms with E-state index in [-0.39, 0.29) is 6.42 Å². The molecule has 1 atom stereocenters. The van der Waals surface area contributed by atoms with E-state index >= 15 is 0 Å². The SMILES string of the molecule is CCCCCCCCCC=CC=CC=CC=CC=CC=CC(=O)N[C@@H](Cc1ccccc1)C(=O)O. The van der Waals surface area contributed by atoms with Crippen molar-refractivity contribution in [3.8, 4) is 0 Å². The number of hydrogen-bond donors (Lipinski definition) is 2. The second-order valence-electron chi connectivity index (χ2n) is 8.33. The maximum atomic E-state index is 12.0. The molecule has 188 valence electrons. The van der Waals surface area contributed by atoms with Crippen LogP contribution in [0.1, 0.15) is 63.9 Å². The number of allylic oxidation sites excluding steroid dienone is 11. The number of unbranched alkanes of at least 4 members (excludes halogenated alkanes) is 7. The molecule has 0 radical (unpaired) electrons. The van der Waals surface area contributed by atoms with E-state index in [1.807, 2.05) is 66.8 Å². The lowest BCUT2D eigenvalue weighted by Gasteiger charge is -2.13. The Bertz CT molecular complexity index is 876. The molecule has 1 aromatic carbocycles. The molecule has 0 saturated heterocycles. The largest absolute Gasteiger partial charge is 0.480 e. The molecule has 0 fully saturated rings. The second kappa shape index (κ2) is 21.2. The molecular weight excluding hydrogens is 434 g/mol. The average molecular weight is 476 g/mol. The molecule has 4 heteroatoms. The lowest BCUT2D eigenvalue weighted by molar-refractivity contribution is -0.141. The van der Waals surface area contributed by atoms with Crippen LogP contribution in [-0.4, -0.2) is 23.0 Å². The molecule has 0 spiro atoms. The Morgan fingerprint density at radius 1 is 0.771 bits per heavy atom. The molecule has 1 aromatic rings. The van der Waals surface area contributed by atoms with E-state index in [0.717, 1.165) is 12.0 Å². The quantitative estimate of drug-likeness (QED) is 0.133. The summed E-state index contributed by atoms with van der Waals surface area (Å²) in [7, 11) is 0. The van der Waals surface area contributed by atoms with Crippen LogP contribution in [0.2, 0.25) is 0 Å². The molecule has 4 nitrogen and oxygen atoms in total. The third kappa shape index (κ3) is 17.7. The third-order valence-corrected chi connectivity index (χ3v) is 5.26. The number of carbonyl (C=O) groups excluding carboxylic acids is 1. The highest BCUT2D eigenvalue weighted by Gasteiger charge is 2.19. The number of nitrogens with one attached hydrogen (secondary N) is 1. The number of amides is 1. The number of aliphatic carboxylic acids is 1. The van der Waals surface area contributed by atoms with Crippen molar-refractivity contribution < 1.29 is 14.7 Å². The topological polar surface area (TPSA) is 66.4 Å². The van der Waals surface area contributed by atoms with Gasteiger partial charge in [0.25, 0.3) is 0 Å². The highest BCUT2D eigenvalue weighted by Crippen LogP contribution is 2.08. The van der Waals surface area contributed by atoms with Crippen molar-refractivity contribution >= 4 is 11.9 Å². The fraction of sp³-hybridized carbons (Fsp3) is 0.355. The average Bonchev–Trinajstić information content (AvgIpc) is 2.85. The normalized spacial score (nSPS) is 13.3. The molecule has 2 N–H and O–H groups in total. The summed E-state index contributed by atoms with van der Waals surface area (Å²) in [6.07, 6.45) is 33.2. The van der Waals surface area contributed by atoms with Gasteiger partial charge in [0.1, 0.15) is 6.04 Å². The molecular formula is C31H41NO3. The number of rotatable bonds is 18. The Morgan fingerprint density at radius 3 is 1.91 bits per heavy atom. The van der Waals surface area contributed by atoms with E-state index in [2.05, 4.69) is 24.4 Å². The van der Waals surface area contributed by atoms with Crippen molar-refractivity contribution in [2.24, 2.45) is 0 Å². The fourth-order valence-corrected chi connectivity index (χ4v) is 3.32. The summed E-state index contributed by atoms with van der Waals surface area (Å²) in [4.78, 5) is 23.4. The molecule has 0 aromatic heterocycles. The standard InChI is InChI=1S/C31H41NO3/c1-2-3-4-5-6-7-8-9-10-11-12-13-14-15-16-17-18-19-23-26-30(33)32-29(31(34)35)27-28-24-21-20-22-25-28/h10-26,29H,2-9,27H2,1H3,(H,32,33)(H,34,35)/t29-/m0/s1. The van der Waals surface area contributed by atoms with Crippen LogP contribution in [0.4, 0.5) is 0 Å². The summed E-state index contributed by atoms with van der Waals surface area (Å²) < 4.78 is 0. The number of carboxylic acids is 1. The predicted molar refractivity (Wildman–Crippen MR) is 147 cm³/mol. The Kier molecular flexibility index (Phi) is 17.9. The van der Waals surface area contributed by atoms with Gasteiger partial charge in [-0.1, -0.05) is 143 Å². The first-order valence-corrected chi connectivity index (χ1v) is 12.7. The predicted octanol–water partition coefficient (Wildman–Crippen LogP) is 7.28. The van der Waals surface area contributed by atoms with Gasteiger partial charge in [0.2, 0.25) is 5.91 Å². The number of benzene rings is 1. The third-order valence-electron chi connectivity index (χ3n) is 5.26. The molecule has 0 aliphatic carbocycles. The van der Waals surface area contributed by atoms with E-state index < -0.39 is 17.9 Å². The first-order valence-electron chi connectivity index (χ1n) is 12.7.